The van der Waals surface area contributed by atoms with Crippen molar-refractivity contribution in [3.8, 4) is 0 Å². The van der Waals surface area contributed by atoms with E-state index in [1.54, 1.807) is 0 Å². The second-order valence-corrected chi connectivity index (χ2v) is 4.12. The van der Waals surface area contributed by atoms with E-state index in [2.05, 4.69) is 0 Å². The molecule has 5 heteroatoms. The molecule has 0 heterocycles. The van der Waals surface area contributed by atoms with Gasteiger partial charge in [0.2, 0.25) is 0 Å². The van der Waals surface area contributed by atoms with Crippen LogP contribution in [0.5, 0.6) is 0 Å². The molecule has 0 saturated carbocycles. The average molecular weight is 337 g/mol. The fourth-order valence-corrected chi connectivity index (χ4v) is 1.61. The summed E-state index contributed by atoms with van der Waals surface area (Å²) in [7, 11) is 0. The number of carboxylic acids is 2. The Hall–Kier alpha value is -0.398. The molecule has 0 fully saturated rings. The Morgan fingerprint density at radius 2 is 0.824 bits per heavy atom. The number of hydrogen-bond acceptors (Lipinski definition) is 2. The zero-order valence-electron chi connectivity index (χ0n) is 10.1. The summed E-state index contributed by atoms with van der Waals surface area (Å²) < 4.78 is 0. The minimum Gasteiger partial charge on any atom is -0.481 e. The van der Waals surface area contributed by atoms with E-state index in [1.165, 1.54) is 0 Å². The van der Waals surface area contributed by atoms with Gasteiger partial charge in [0, 0.05) is 33.3 Å². The van der Waals surface area contributed by atoms with Crippen LogP contribution < -0.4 is 0 Å². The summed E-state index contributed by atoms with van der Waals surface area (Å²) in [6.45, 7) is 0. The molecule has 0 aliphatic rings. The molecule has 0 spiro atoms. The van der Waals surface area contributed by atoms with Gasteiger partial charge in [0.15, 0.2) is 0 Å². The molecule has 0 rings (SSSR count). The Bertz CT molecular complexity index is 185. The molecule has 0 aromatic rings. The Labute approximate surface area is 116 Å². The summed E-state index contributed by atoms with van der Waals surface area (Å²) in [6.07, 6.45) is 8.51. The summed E-state index contributed by atoms with van der Waals surface area (Å²) in [5.74, 6) is -1.43. The first-order chi connectivity index (χ1) is 7.63. The number of hydrogen-bond donors (Lipinski definition) is 2. The van der Waals surface area contributed by atoms with Crippen LogP contribution in [0.15, 0.2) is 0 Å². The molecule has 0 amide bonds. The Kier molecular flexibility index (Phi) is 15.2. The Morgan fingerprint density at radius 3 is 1.06 bits per heavy atom. The minimum atomic E-state index is -0.714. The first kappa shape index (κ1) is 19.0. The molecule has 0 aliphatic carbocycles. The van der Waals surface area contributed by atoms with Gasteiger partial charge in [-0.3, -0.25) is 9.59 Å². The van der Waals surface area contributed by atoms with Crippen LogP contribution in [-0.2, 0) is 30.0 Å². The molecule has 0 saturated heterocycles. The summed E-state index contributed by atoms with van der Waals surface area (Å²) in [5.41, 5.74) is 0. The molecule has 0 aromatic carbocycles. The SMILES string of the molecule is O=C(O)CCCCCCCCCCC(=O)O.[Pd]. The standard InChI is InChI=1S/C12H22O4.Pd/c13-11(14)9-7-5-3-1-2-4-6-8-10-12(15)16;/h1-10H2,(H,13,14)(H,15,16);. The molecule has 0 unspecified atom stereocenters. The van der Waals surface area contributed by atoms with Crippen LogP contribution in [-0.4, -0.2) is 22.2 Å². The van der Waals surface area contributed by atoms with Crippen molar-refractivity contribution in [1.82, 2.24) is 0 Å². The normalized spacial score (nSPS) is 9.65. The number of rotatable bonds is 11. The topological polar surface area (TPSA) is 74.6 Å². The monoisotopic (exact) mass is 336 g/mol. The Balaban J connectivity index is 0. The zero-order valence-corrected chi connectivity index (χ0v) is 11.7. The molecular weight excluding hydrogens is 315 g/mol. The smallest absolute Gasteiger partial charge is 0.303 e. The second kappa shape index (κ2) is 13.7. The van der Waals surface area contributed by atoms with Gasteiger partial charge in [0.25, 0.3) is 0 Å². The van der Waals surface area contributed by atoms with E-state index in [0.717, 1.165) is 51.4 Å². The van der Waals surface area contributed by atoms with Crippen molar-refractivity contribution in [2.24, 2.45) is 0 Å². The molecular formula is C12H22O4Pd. The molecule has 0 atom stereocenters. The van der Waals surface area contributed by atoms with Crippen molar-refractivity contribution in [1.29, 1.82) is 0 Å². The van der Waals surface area contributed by atoms with Gasteiger partial charge in [-0.1, -0.05) is 38.5 Å². The third kappa shape index (κ3) is 18.2. The quantitative estimate of drug-likeness (QED) is 0.449. The van der Waals surface area contributed by atoms with Crippen molar-refractivity contribution >= 4 is 11.9 Å². The van der Waals surface area contributed by atoms with Gasteiger partial charge >= 0.3 is 11.9 Å². The number of unbranched alkanes of at least 4 members (excludes halogenated alkanes) is 7. The van der Waals surface area contributed by atoms with Crippen molar-refractivity contribution in [3.63, 3.8) is 0 Å². The Morgan fingerprint density at radius 1 is 0.588 bits per heavy atom. The van der Waals surface area contributed by atoms with Gasteiger partial charge in [0.1, 0.15) is 0 Å². The number of aliphatic carboxylic acids is 2. The molecule has 17 heavy (non-hydrogen) atoms. The van der Waals surface area contributed by atoms with Gasteiger partial charge in [-0.05, 0) is 12.8 Å². The van der Waals surface area contributed by atoms with Crippen LogP contribution in [0.4, 0.5) is 0 Å². The van der Waals surface area contributed by atoms with E-state index in [9.17, 15) is 9.59 Å². The fourth-order valence-electron chi connectivity index (χ4n) is 1.61. The molecule has 0 bridgehead atoms. The summed E-state index contributed by atoms with van der Waals surface area (Å²) in [6, 6.07) is 0. The maximum Gasteiger partial charge on any atom is 0.303 e. The predicted molar refractivity (Wildman–Crippen MR) is 61.4 cm³/mol. The van der Waals surface area contributed by atoms with E-state index in [0.29, 0.717) is 0 Å². The maximum atomic E-state index is 10.2. The van der Waals surface area contributed by atoms with E-state index in [1.807, 2.05) is 0 Å². The predicted octanol–water partition coefficient (Wildman–Crippen LogP) is 3.05. The summed E-state index contributed by atoms with van der Waals surface area (Å²) >= 11 is 0. The number of carbonyl (C=O) groups is 2. The largest absolute Gasteiger partial charge is 0.481 e. The second-order valence-electron chi connectivity index (χ2n) is 4.12. The molecule has 2 N–H and O–H groups in total. The molecule has 4 nitrogen and oxygen atoms in total. The first-order valence-corrected chi connectivity index (χ1v) is 6.06. The van der Waals surface area contributed by atoms with Gasteiger partial charge in [-0.2, -0.15) is 0 Å². The fraction of sp³-hybridized carbons (Fsp3) is 0.833. The molecule has 0 radical (unpaired) electrons. The van der Waals surface area contributed by atoms with E-state index >= 15 is 0 Å². The van der Waals surface area contributed by atoms with E-state index < -0.39 is 11.9 Å². The van der Waals surface area contributed by atoms with Gasteiger partial charge in [-0.15, -0.1) is 0 Å². The number of carboxylic acid groups (broad SMARTS) is 2. The zero-order chi connectivity index (χ0) is 12.2. The van der Waals surface area contributed by atoms with Crippen LogP contribution in [0.2, 0.25) is 0 Å². The summed E-state index contributed by atoms with van der Waals surface area (Å²) in [5, 5.41) is 16.8. The van der Waals surface area contributed by atoms with Crippen LogP contribution >= 0.6 is 0 Å². The first-order valence-electron chi connectivity index (χ1n) is 6.06. The van der Waals surface area contributed by atoms with Crippen molar-refractivity contribution in [2.45, 2.75) is 64.2 Å². The minimum absolute atomic E-state index is 0. The average Bonchev–Trinajstić information content (AvgIpc) is 2.20. The van der Waals surface area contributed by atoms with Gasteiger partial charge in [-0.25, -0.2) is 0 Å². The third-order valence-electron chi connectivity index (χ3n) is 2.53. The van der Waals surface area contributed by atoms with Crippen molar-refractivity contribution in [3.05, 3.63) is 0 Å². The van der Waals surface area contributed by atoms with Crippen LogP contribution in [0, 0.1) is 0 Å². The van der Waals surface area contributed by atoms with Crippen molar-refractivity contribution < 1.29 is 40.2 Å². The maximum absolute atomic E-state index is 10.2. The molecule has 104 valence electrons. The van der Waals surface area contributed by atoms with E-state index in [-0.39, 0.29) is 33.3 Å². The summed E-state index contributed by atoms with van der Waals surface area (Å²) in [4.78, 5) is 20.4. The molecule has 0 aromatic heterocycles. The third-order valence-corrected chi connectivity index (χ3v) is 2.53. The van der Waals surface area contributed by atoms with Crippen LogP contribution in [0.25, 0.3) is 0 Å². The van der Waals surface area contributed by atoms with Crippen LogP contribution in [0.1, 0.15) is 64.2 Å². The van der Waals surface area contributed by atoms with Gasteiger partial charge < -0.3 is 10.2 Å². The van der Waals surface area contributed by atoms with Crippen LogP contribution in [0.3, 0.4) is 0 Å². The van der Waals surface area contributed by atoms with Crippen molar-refractivity contribution in [2.75, 3.05) is 0 Å². The van der Waals surface area contributed by atoms with E-state index in [4.69, 9.17) is 10.2 Å². The molecule has 0 aliphatic heterocycles. The van der Waals surface area contributed by atoms with Gasteiger partial charge in [0.05, 0.1) is 0 Å².